The average molecular weight is 132 g/mol. The molecule has 0 aromatic heterocycles. The molecule has 1 heterocycles. The van der Waals surface area contributed by atoms with Gasteiger partial charge in [0.15, 0.2) is 0 Å². The Kier molecular flexibility index (Phi) is 2.06. The minimum absolute atomic E-state index is 0.144. The van der Waals surface area contributed by atoms with Crippen LogP contribution in [-0.2, 0) is 4.74 Å². The van der Waals surface area contributed by atoms with E-state index in [1.54, 1.807) is 0 Å². The summed E-state index contributed by atoms with van der Waals surface area (Å²) in [5, 5.41) is 0. The molecule has 9 heavy (non-hydrogen) atoms. The Morgan fingerprint density at radius 3 is 2.44 bits per heavy atom. The van der Waals surface area contributed by atoms with Crippen LogP contribution in [0.25, 0.3) is 0 Å². The zero-order valence-corrected chi connectivity index (χ0v) is 5.93. The predicted octanol–water partition coefficient (Wildman–Crippen LogP) is 1.97. The predicted molar refractivity (Wildman–Crippen MR) is 33.8 cm³/mol. The van der Waals surface area contributed by atoms with E-state index in [0.717, 1.165) is 6.42 Å². The zero-order valence-electron chi connectivity index (χ0n) is 5.93. The van der Waals surface area contributed by atoms with Crippen molar-refractivity contribution in [2.24, 2.45) is 11.8 Å². The zero-order chi connectivity index (χ0) is 6.85. The second-order valence-corrected chi connectivity index (χ2v) is 2.92. The van der Waals surface area contributed by atoms with Crippen molar-refractivity contribution in [1.29, 1.82) is 0 Å². The van der Waals surface area contributed by atoms with Gasteiger partial charge in [-0.25, -0.2) is 4.39 Å². The maximum atomic E-state index is 12.6. The number of halogens is 1. The number of rotatable bonds is 1. The second kappa shape index (κ2) is 2.65. The van der Waals surface area contributed by atoms with E-state index in [1.807, 2.05) is 13.8 Å². The highest BCUT2D eigenvalue weighted by Gasteiger charge is 2.29. The van der Waals surface area contributed by atoms with Crippen LogP contribution in [0.15, 0.2) is 0 Å². The first kappa shape index (κ1) is 7.00. The lowest BCUT2D eigenvalue weighted by Crippen LogP contribution is -2.15. The fourth-order valence-electron chi connectivity index (χ4n) is 1.21. The van der Waals surface area contributed by atoms with Crippen LogP contribution in [0, 0.1) is 11.8 Å². The van der Waals surface area contributed by atoms with Gasteiger partial charge in [0, 0.05) is 5.92 Å². The van der Waals surface area contributed by atoms with Crippen LogP contribution >= 0.6 is 0 Å². The molecule has 0 aliphatic carbocycles. The maximum absolute atomic E-state index is 12.6. The van der Waals surface area contributed by atoms with E-state index in [2.05, 4.69) is 0 Å². The third-order valence-corrected chi connectivity index (χ3v) is 1.92. The topological polar surface area (TPSA) is 9.23 Å². The Balaban J connectivity index is 2.40. The summed E-state index contributed by atoms with van der Waals surface area (Å²) in [6, 6.07) is 0. The molecule has 0 radical (unpaired) electrons. The van der Waals surface area contributed by atoms with Gasteiger partial charge in [-0.1, -0.05) is 13.8 Å². The van der Waals surface area contributed by atoms with E-state index in [4.69, 9.17) is 4.74 Å². The first-order valence-corrected chi connectivity index (χ1v) is 3.47. The van der Waals surface area contributed by atoms with Crippen LogP contribution in [0.2, 0.25) is 0 Å². The third kappa shape index (κ3) is 1.42. The first-order valence-electron chi connectivity index (χ1n) is 3.47. The molecule has 1 rings (SSSR count). The van der Waals surface area contributed by atoms with E-state index in [1.165, 1.54) is 0 Å². The van der Waals surface area contributed by atoms with Gasteiger partial charge in [-0.15, -0.1) is 0 Å². The molecular weight excluding hydrogens is 119 g/mol. The molecule has 1 saturated heterocycles. The van der Waals surface area contributed by atoms with Crippen LogP contribution < -0.4 is 0 Å². The molecule has 2 unspecified atom stereocenters. The Morgan fingerprint density at radius 2 is 2.22 bits per heavy atom. The van der Waals surface area contributed by atoms with Crippen LogP contribution in [0.3, 0.4) is 0 Å². The van der Waals surface area contributed by atoms with Crippen molar-refractivity contribution in [3.05, 3.63) is 0 Å². The Bertz CT molecular complexity index is 92.9. The van der Waals surface area contributed by atoms with Gasteiger partial charge in [-0.2, -0.15) is 0 Å². The molecule has 0 bridgehead atoms. The van der Waals surface area contributed by atoms with Gasteiger partial charge < -0.3 is 4.74 Å². The summed E-state index contributed by atoms with van der Waals surface area (Å²) in [6.45, 7) is 4.67. The second-order valence-electron chi connectivity index (χ2n) is 2.92. The van der Waals surface area contributed by atoms with Crippen molar-refractivity contribution in [2.75, 3.05) is 6.61 Å². The molecule has 2 heteroatoms. The van der Waals surface area contributed by atoms with E-state index >= 15 is 0 Å². The van der Waals surface area contributed by atoms with Crippen LogP contribution in [0.4, 0.5) is 4.39 Å². The lowest BCUT2D eigenvalue weighted by Gasteiger charge is -2.13. The molecule has 54 valence electrons. The lowest BCUT2D eigenvalue weighted by atomic mass is 9.95. The summed E-state index contributed by atoms with van der Waals surface area (Å²) < 4.78 is 17.4. The maximum Gasteiger partial charge on any atom is 0.201 e. The Labute approximate surface area is 55.2 Å². The van der Waals surface area contributed by atoms with Crippen molar-refractivity contribution in [1.82, 2.24) is 0 Å². The Morgan fingerprint density at radius 1 is 1.56 bits per heavy atom. The Hall–Kier alpha value is -0.110. The van der Waals surface area contributed by atoms with Gasteiger partial charge in [0.2, 0.25) is 6.36 Å². The highest BCUT2D eigenvalue weighted by Crippen LogP contribution is 2.28. The van der Waals surface area contributed by atoms with Crippen LogP contribution in [0.5, 0.6) is 0 Å². The standard InChI is InChI=1S/C7H13FO/c1-5(2)6-3-4-9-7(6)8/h5-7H,3-4H2,1-2H3. The minimum Gasteiger partial charge on any atom is -0.348 e. The largest absolute Gasteiger partial charge is 0.348 e. The molecule has 0 N–H and O–H groups in total. The quantitative estimate of drug-likeness (QED) is 0.530. The SMILES string of the molecule is CC(C)C1CCOC1F. The molecule has 0 amide bonds. The van der Waals surface area contributed by atoms with Crippen molar-refractivity contribution in [3.63, 3.8) is 0 Å². The molecule has 2 atom stereocenters. The van der Waals surface area contributed by atoms with Gasteiger partial charge in [0.1, 0.15) is 0 Å². The summed E-state index contributed by atoms with van der Waals surface area (Å²) in [5.41, 5.74) is 0. The van der Waals surface area contributed by atoms with Gasteiger partial charge in [-0.05, 0) is 12.3 Å². The molecule has 1 aliphatic rings. The van der Waals surface area contributed by atoms with Crippen molar-refractivity contribution in [3.8, 4) is 0 Å². The molecule has 0 spiro atoms. The molecule has 0 aromatic rings. The van der Waals surface area contributed by atoms with Gasteiger partial charge in [-0.3, -0.25) is 0 Å². The first-order chi connectivity index (χ1) is 4.22. The van der Waals surface area contributed by atoms with Crippen LogP contribution in [-0.4, -0.2) is 13.0 Å². The normalized spacial score (nSPS) is 36.0. The lowest BCUT2D eigenvalue weighted by molar-refractivity contribution is -0.0240. The summed E-state index contributed by atoms with van der Waals surface area (Å²) in [4.78, 5) is 0. The number of alkyl halides is 1. The van der Waals surface area contributed by atoms with E-state index in [9.17, 15) is 4.39 Å². The molecule has 0 saturated carbocycles. The minimum atomic E-state index is -0.995. The van der Waals surface area contributed by atoms with Crippen molar-refractivity contribution < 1.29 is 9.13 Å². The highest BCUT2D eigenvalue weighted by molar-refractivity contribution is 4.70. The molecule has 1 aliphatic heterocycles. The fraction of sp³-hybridized carbons (Fsp3) is 1.00. The van der Waals surface area contributed by atoms with Gasteiger partial charge >= 0.3 is 0 Å². The number of ether oxygens (including phenoxy) is 1. The third-order valence-electron chi connectivity index (χ3n) is 1.92. The average Bonchev–Trinajstić information content (AvgIpc) is 2.13. The van der Waals surface area contributed by atoms with E-state index in [-0.39, 0.29) is 5.92 Å². The molecule has 1 fully saturated rings. The summed E-state index contributed by atoms with van der Waals surface area (Å²) in [6.07, 6.45) is -0.108. The molecular formula is C7H13FO. The number of hydrogen-bond acceptors (Lipinski definition) is 1. The van der Waals surface area contributed by atoms with Crippen molar-refractivity contribution >= 4 is 0 Å². The highest BCUT2D eigenvalue weighted by atomic mass is 19.1. The number of hydrogen-bond donors (Lipinski definition) is 0. The molecule has 0 aromatic carbocycles. The molecule has 1 nitrogen and oxygen atoms in total. The fourth-order valence-corrected chi connectivity index (χ4v) is 1.21. The summed E-state index contributed by atoms with van der Waals surface area (Å²) in [5.74, 6) is 0.562. The van der Waals surface area contributed by atoms with Gasteiger partial charge in [0.05, 0.1) is 6.61 Å². The van der Waals surface area contributed by atoms with Crippen LogP contribution in [0.1, 0.15) is 20.3 Å². The smallest absolute Gasteiger partial charge is 0.201 e. The van der Waals surface area contributed by atoms with E-state index in [0.29, 0.717) is 12.5 Å². The van der Waals surface area contributed by atoms with E-state index < -0.39 is 6.36 Å². The van der Waals surface area contributed by atoms with Gasteiger partial charge in [0.25, 0.3) is 0 Å². The van der Waals surface area contributed by atoms with Crippen molar-refractivity contribution in [2.45, 2.75) is 26.6 Å². The summed E-state index contributed by atoms with van der Waals surface area (Å²) in [7, 11) is 0. The monoisotopic (exact) mass is 132 g/mol. The summed E-state index contributed by atoms with van der Waals surface area (Å²) >= 11 is 0.